The Balaban J connectivity index is 3.01. The van der Waals surface area contributed by atoms with Crippen LogP contribution in [0.5, 0.6) is 0 Å². The topological polar surface area (TPSA) is 28.2 Å². The van der Waals surface area contributed by atoms with Gasteiger partial charge < -0.3 is 10.2 Å². The minimum atomic E-state index is 0.511. The smallest absolute Gasteiger partial charge is 0.185 e. The summed E-state index contributed by atoms with van der Waals surface area (Å²) in [4.78, 5) is 8.76. The van der Waals surface area contributed by atoms with Crippen LogP contribution >= 0.6 is 11.3 Å². The van der Waals surface area contributed by atoms with Crippen LogP contribution in [0, 0.1) is 0 Å². The predicted molar refractivity (Wildman–Crippen MR) is 95.6 cm³/mol. The highest BCUT2D eigenvalue weighted by molar-refractivity contribution is 7.15. The van der Waals surface area contributed by atoms with E-state index in [0.717, 1.165) is 13.0 Å². The zero-order valence-corrected chi connectivity index (χ0v) is 15.7. The first kappa shape index (κ1) is 18.4. The van der Waals surface area contributed by atoms with Crippen molar-refractivity contribution in [2.45, 2.75) is 85.4 Å². The van der Waals surface area contributed by atoms with Gasteiger partial charge in [0.15, 0.2) is 5.13 Å². The Morgan fingerprint density at radius 2 is 1.71 bits per heavy atom. The highest BCUT2D eigenvalue weighted by atomic mass is 32.1. The number of rotatable bonds is 9. The molecule has 0 bridgehead atoms. The Morgan fingerprint density at radius 1 is 1.10 bits per heavy atom. The highest BCUT2D eigenvalue weighted by Gasteiger charge is 2.20. The Labute approximate surface area is 135 Å². The van der Waals surface area contributed by atoms with Crippen molar-refractivity contribution in [3.63, 3.8) is 0 Å². The Hall–Kier alpha value is -0.610. The van der Waals surface area contributed by atoms with Crippen molar-refractivity contribution in [2.75, 3.05) is 11.9 Å². The predicted octanol–water partition coefficient (Wildman–Crippen LogP) is 4.78. The van der Waals surface area contributed by atoms with Crippen molar-refractivity contribution < 1.29 is 0 Å². The van der Waals surface area contributed by atoms with Gasteiger partial charge in [0, 0.05) is 30.6 Å². The van der Waals surface area contributed by atoms with E-state index in [4.69, 9.17) is 4.98 Å². The maximum Gasteiger partial charge on any atom is 0.185 e. The lowest BCUT2D eigenvalue weighted by Crippen LogP contribution is -2.30. The van der Waals surface area contributed by atoms with E-state index >= 15 is 0 Å². The van der Waals surface area contributed by atoms with Crippen LogP contribution < -0.4 is 10.2 Å². The maximum atomic E-state index is 4.98. The van der Waals surface area contributed by atoms with E-state index in [1.807, 2.05) is 11.3 Å². The van der Waals surface area contributed by atoms with E-state index in [-0.39, 0.29) is 0 Å². The van der Waals surface area contributed by atoms with Gasteiger partial charge >= 0.3 is 0 Å². The van der Waals surface area contributed by atoms with E-state index < -0.39 is 0 Å². The summed E-state index contributed by atoms with van der Waals surface area (Å²) in [5, 5.41) is 4.72. The third-order valence-electron chi connectivity index (χ3n) is 4.26. The lowest BCUT2D eigenvalue weighted by molar-refractivity contribution is 0.582. The van der Waals surface area contributed by atoms with Crippen LogP contribution in [0.25, 0.3) is 0 Å². The molecule has 1 N–H and O–H groups in total. The largest absolute Gasteiger partial charge is 0.348 e. The zero-order chi connectivity index (χ0) is 16.0. The molecule has 0 saturated carbocycles. The summed E-state index contributed by atoms with van der Waals surface area (Å²) in [7, 11) is 2.19. The molecule has 122 valence electrons. The van der Waals surface area contributed by atoms with Crippen LogP contribution in [0.4, 0.5) is 5.13 Å². The van der Waals surface area contributed by atoms with Crippen molar-refractivity contribution in [1.29, 1.82) is 0 Å². The van der Waals surface area contributed by atoms with Crippen LogP contribution in [-0.4, -0.2) is 24.1 Å². The fourth-order valence-electron chi connectivity index (χ4n) is 2.50. The van der Waals surface area contributed by atoms with E-state index in [1.165, 1.54) is 28.5 Å². The molecule has 0 aliphatic carbocycles. The summed E-state index contributed by atoms with van der Waals surface area (Å²) < 4.78 is 0. The molecule has 0 aliphatic heterocycles. The van der Waals surface area contributed by atoms with E-state index in [0.29, 0.717) is 18.0 Å². The molecule has 4 heteroatoms. The molecule has 1 heterocycles. The van der Waals surface area contributed by atoms with Crippen molar-refractivity contribution in [3.8, 4) is 0 Å². The van der Waals surface area contributed by atoms with Gasteiger partial charge in [0.05, 0.1) is 5.69 Å². The molecule has 1 aromatic heterocycles. The average Bonchev–Trinajstić information content (AvgIpc) is 2.89. The van der Waals surface area contributed by atoms with Crippen molar-refractivity contribution >= 4 is 16.5 Å². The number of aromatic nitrogens is 1. The van der Waals surface area contributed by atoms with E-state index in [1.54, 1.807) is 0 Å². The monoisotopic (exact) mass is 311 g/mol. The average molecular weight is 312 g/mol. The van der Waals surface area contributed by atoms with Crippen LogP contribution in [0.2, 0.25) is 0 Å². The molecule has 0 aromatic carbocycles. The molecule has 0 aliphatic rings. The molecule has 3 nitrogen and oxygen atoms in total. The zero-order valence-electron chi connectivity index (χ0n) is 14.9. The highest BCUT2D eigenvalue weighted by Crippen LogP contribution is 2.33. The number of nitrogens with zero attached hydrogens (tertiary/aromatic N) is 2. The standard InChI is InChI=1S/C17H33N3S/c1-8-13(6)16-15(11-18-12(4)5)21-17(19-16)20(7)14(9-2)10-3/h12-14,18H,8-11H2,1-7H3. The van der Waals surface area contributed by atoms with Gasteiger partial charge in [0.2, 0.25) is 0 Å². The first-order valence-electron chi connectivity index (χ1n) is 8.40. The summed E-state index contributed by atoms with van der Waals surface area (Å²) in [6, 6.07) is 1.10. The number of hydrogen-bond acceptors (Lipinski definition) is 4. The summed E-state index contributed by atoms with van der Waals surface area (Å²) >= 11 is 1.86. The fourth-order valence-corrected chi connectivity index (χ4v) is 3.66. The molecule has 0 spiro atoms. The summed E-state index contributed by atoms with van der Waals surface area (Å²) in [5.74, 6) is 0.536. The second-order valence-corrected chi connectivity index (χ2v) is 7.29. The summed E-state index contributed by atoms with van der Waals surface area (Å²) in [5.41, 5.74) is 1.29. The second kappa shape index (κ2) is 8.74. The fraction of sp³-hybridized carbons (Fsp3) is 0.824. The molecule has 0 fully saturated rings. The van der Waals surface area contributed by atoms with Gasteiger partial charge in [0.25, 0.3) is 0 Å². The maximum absolute atomic E-state index is 4.98. The number of anilines is 1. The molecule has 1 atom stereocenters. The van der Waals surface area contributed by atoms with Crippen LogP contribution in [0.1, 0.15) is 77.3 Å². The molecule has 1 unspecified atom stereocenters. The van der Waals surface area contributed by atoms with Crippen LogP contribution in [-0.2, 0) is 6.54 Å². The Bertz CT molecular complexity index is 410. The van der Waals surface area contributed by atoms with Gasteiger partial charge in [0.1, 0.15) is 0 Å². The lowest BCUT2D eigenvalue weighted by atomic mass is 10.0. The van der Waals surface area contributed by atoms with Crippen molar-refractivity contribution in [2.24, 2.45) is 0 Å². The van der Waals surface area contributed by atoms with Crippen LogP contribution in [0.15, 0.2) is 0 Å². The van der Waals surface area contributed by atoms with Crippen molar-refractivity contribution in [3.05, 3.63) is 10.6 Å². The normalized spacial score (nSPS) is 13.2. The second-order valence-electron chi connectivity index (χ2n) is 6.23. The quantitative estimate of drug-likeness (QED) is 0.711. The Morgan fingerprint density at radius 3 is 2.19 bits per heavy atom. The van der Waals surface area contributed by atoms with Gasteiger partial charge in [-0.2, -0.15) is 0 Å². The SMILES string of the molecule is CCC(C)c1nc(N(C)C(CC)CC)sc1CNC(C)C. The lowest BCUT2D eigenvalue weighted by Gasteiger charge is -2.25. The van der Waals surface area contributed by atoms with E-state index in [9.17, 15) is 0 Å². The molecule has 0 amide bonds. The first-order chi connectivity index (χ1) is 9.94. The minimum Gasteiger partial charge on any atom is -0.348 e. The third-order valence-corrected chi connectivity index (χ3v) is 5.42. The molecular weight excluding hydrogens is 278 g/mol. The number of nitrogens with one attached hydrogen (secondary N) is 1. The van der Waals surface area contributed by atoms with Gasteiger partial charge in [-0.15, -0.1) is 11.3 Å². The molecule has 1 rings (SSSR count). The first-order valence-corrected chi connectivity index (χ1v) is 9.21. The summed E-state index contributed by atoms with van der Waals surface area (Å²) in [6.45, 7) is 14.4. The molecular formula is C17H33N3S. The van der Waals surface area contributed by atoms with Gasteiger partial charge in [-0.25, -0.2) is 4.98 Å². The number of thiazole rings is 1. The molecule has 0 saturated heterocycles. The van der Waals surface area contributed by atoms with E-state index in [2.05, 4.69) is 58.8 Å². The Kier molecular flexibility index (Phi) is 7.67. The minimum absolute atomic E-state index is 0.511. The number of hydrogen-bond donors (Lipinski definition) is 1. The summed E-state index contributed by atoms with van der Waals surface area (Å²) in [6.07, 6.45) is 3.49. The van der Waals surface area contributed by atoms with Gasteiger partial charge in [-0.05, 0) is 25.2 Å². The van der Waals surface area contributed by atoms with Crippen LogP contribution in [0.3, 0.4) is 0 Å². The molecule has 21 heavy (non-hydrogen) atoms. The molecule has 0 radical (unpaired) electrons. The van der Waals surface area contributed by atoms with Crippen molar-refractivity contribution in [1.82, 2.24) is 10.3 Å². The van der Waals surface area contributed by atoms with Gasteiger partial charge in [-0.3, -0.25) is 0 Å². The molecule has 1 aromatic rings. The van der Waals surface area contributed by atoms with Gasteiger partial charge in [-0.1, -0.05) is 41.5 Å². The third kappa shape index (κ3) is 4.96.